The Morgan fingerprint density at radius 2 is 1.80 bits per heavy atom. The van der Waals surface area contributed by atoms with Crippen molar-refractivity contribution in [2.45, 2.75) is 0 Å². The van der Waals surface area contributed by atoms with Gasteiger partial charge >= 0.3 is 5.97 Å². The van der Waals surface area contributed by atoms with Crippen molar-refractivity contribution in [3.63, 3.8) is 0 Å². The van der Waals surface area contributed by atoms with Crippen LogP contribution in [0.3, 0.4) is 0 Å². The first-order valence-electron chi connectivity index (χ1n) is 3.86. The molecule has 1 rings (SSSR count). The van der Waals surface area contributed by atoms with E-state index in [2.05, 4.69) is 4.74 Å². The number of hydrogen-bond donors (Lipinski definition) is 0. The molecule has 0 amide bonds. The number of carbonyl (C=O) groups excluding carboxylic acids is 1. The van der Waals surface area contributed by atoms with Crippen molar-refractivity contribution in [2.75, 3.05) is 7.11 Å². The SMILES string of the molecule is COC(=O)c1cc(C#N)c(Cl)c(C#N)c1. The molecular weight excluding hydrogens is 216 g/mol. The summed E-state index contributed by atoms with van der Waals surface area (Å²) in [6, 6.07) is 6.17. The van der Waals surface area contributed by atoms with Crippen LogP contribution in [0.2, 0.25) is 5.02 Å². The minimum atomic E-state index is -0.611. The second kappa shape index (κ2) is 4.45. The van der Waals surface area contributed by atoms with E-state index >= 15 is 0 Å². The molecule has 0 aliphatic carbocycles. The summed E-state index contributed by atoms with van der Waals surface area (Å²) in [6.07, 6.45) is 0. The second-order valence-electron chi connectivity index (χ2n) is 2.60. The van der Waals surface area contributed by atoms with Gasteiger partial charge in [0.05, 0.1) is 28.8 Å². The summed E-state index contributed by atoms with van der Waals surface area (Å²) >= 11 is 5.73. The molecule has 0 aromatic heterocycles. The Kier molecular flexibility index (Phi) is 3.28. The number of methoxy groups -OCH3 is 1. The number of nitrogens with zero attached hydrogens (tertiary/aromatic N) is 2. The number of esters is 1. The van der Waals surface area contributed by atoms with Gasteiger partial charge in [0, 0.05) is 0 Å². The van der Waals surface area contributed by atoms with E-state index in [1.807, 2.05) is 0 Å². The highest BCUT2D eigenvalue weighted by Gasteiger charge is 2.13. The van der Waals surface area contributed by atoms with E-state index in [4.69, 9.17) is 22.1 Å². The van der Waals surface area contributed by atoms with Crippen LogP contribution in [0.15, 0.2) is 12.1 Å². The highest BCUT2D eigenvalue weighted by atomic mass is 35.5. The van der Waals surface area contributed by atoms with Crippen LogP contribution in [0.5, 0.6) is 0 Å². The zero-order chi connectivity index (χ0) is 11.4. The Labute approximate surface area is 91.3 Å². The first kappa shape index (κ1) is 11.0. The van der Waals surface area contributed by atoms with E-state index in [0.29, 0.717) is 0 Å². The van der Waals surface area contributed by atoms with Gasteiger partial charge in [-0.3, -0.25) is 0 Å². The summed E-state index contributed by atoms with van der Waals surface area (Å²) in [4.78, 5) is 11.2. The largest absolute Gasteiger partial charge is 0.465 e. The van der Waals surface area contributed by atoms with Gasteiger partial charge < -0.3 is 4.74 Å². The lowest BCUT2D eigenvalue weighted by Crippen LogP contribution is -2.02. The second-order valence-corrected chi connectivity index (χ2v) is 2.98. The number of hydrogen-bond acceptors (Lipinski definition) is 4. The number of ether oxygens (including phenoxy) is 1. The Morgan fingerprint density at radius 1 is 1.33 bits per heavy atom. The standard InChI is InChI=1S/C10H5ClN2O2/c1-15-10(14)6-2-7(4-12)9(11)8(3-6)5-13/h2-3H,1H3. The highest BCUT2D eigenvalue weighted by Crippen LogP contribution is 2.22. The molecule has 15 heavy (non-hydrogen) atoms. The van der Waals surface area contributed by atoms with Gasteiger partial charge in [-0.25, -0.2) is 4.79 Å². The number of rotatable bonds is 1. The van der Waals surface area contributed by atoms with Crippen LogP contribution in [-0.4, -0.2) is 13.1 Å². The molecule has 0 fully saturated rings. The molecule has 0 bridgehead atoms. The lowest BCUT2D eigenvalue weighted by Gasteiger charge is -2.02. The lowest BCUT2D eigenvalue weighted by molar-refractivity contribution is 0.0600. The van der Waals surface area contributed by atoms with Gasteiger partial charge in [-0.05, 0) is 12.1 Å². The van der Waals surface area contributed by atoms with Crippen molar-refractivity contribution in [3.8, 4) is 12.1 Å². The number of benzene rings is 1. The first-order valence-corrected chi connectivity index (χ1v) is 4.24. The molecule has 0 heterocycles. The zero-order valence-electron chi connectivity index (χ0n) is 7.74. The smallest absolute Gasteiger partial charge is 0.337 e. The zero-order valence-corrected chi connectivity index (χ0v) is 8.50. The molecule has 0 atom stereocenters. The van der Waals surface area contributed by atoms with Gasteiger partial charge in [0.15, 0.2) is 0 Å². The van der Waals surface area contributed by atoms with E-state index in [9.17, 15) is 4.79 Å². The van der Waals surface area contributed by atoms with Crippen molar-refractivity contribution >= 4 is 17.6 Å². The third-order valence-electron chi connectivity index (χ3n) is 1.73. The fraction of sp³-hybridized carbons (Fsp3) is 0.100. The predicted molar refractivity (Wildman–Crippen MR) is 52.2 cm³/mol. The van der Waals surface area contributed by atoms with Crippen molar-refractivity contribution in [1.29, 1.82) is 10.5 Å². The van der Waals surface area contributed by atoms with Crippen LogP contribution in [0, 0.1) is 22.7 Å². The molecular formula is C10H5ClN2O2. The number of carbonyl (C=O) groups is 1. The van der Waals surface area contributed by atoms with Gasteiger partial charge in [-0.1, -0.05) is 11.6 Å². The van der Waals surface area contributed by atoms with Crippen LogP contribution >= 0.6 is 11.6 Å². The average molecular weight is 221 g/mol. The van der Waals surface area contributed by atoms with Crippen LogP contribution < -0.4 is 0 Å². The normalized spacial score (nSPS) is 8.80. The van der Waals surface area contributed by atoms with Gasteiger partial charge in [0.25, 0.3) is 0 Å². The van der Waals surface area contributed by atoms with E-state index in [1.165, 1.54) is 19.2 Å². The summed E-state index contributed by atoms with van der Waals surface area (Å²) in [5.74, 6) is -0.611. The molecule has 74 valence electrons. The van der Waals surface area contributed by atoms with Crippen LogP contribution in [0.25, 0.3) is 0 Å². The molecule has 0 radical (unpaired) electrons. The molecule has 0 spiro atoms. The first-order chi connectivity index (χ1) is 7.13. The Bertz CT molecular complexity index is 462. The summed E-state index contributed by atoms with van der Waals surface area (Å²) in [5.41, 5.74) is 0.294. The topological polar surface area (TPSA) is 73.9 Å². The molecule has 4 nitrogen and oxygen atoms in total. The monoisotopic (exact) mass is 220 g/mol. The van der Waals surface area contributed by atoms with E-state index < -0.39 is 5.97 Å². The van der Waals surface area contributed by atoms with Crippen molar-refractivity contribution < 1.29 is 9.53 Å². The minimum absolute atomic E-state index is 0.0488. The number of nitriles is 2. The fourth-order valence-electron chi connectivity index (χ4n) is 1.02. The maximum atomic E-state index is 11.2. The molecule has 0 aliphatic rings. The van der Waals surface area contributed by atoms with Crippen LogP contribution in [0.4, 0.5) is 0 Å². The lowest BCUT2D eigenvalue weighted by atomic mass is 10.1. The summed E-state index contributed by atoms with van der Waals surface area (Å²) in [5, 5.41) is 17.5. The Balaban J connectivity index is 3.43. The number of halogens is 1. The maximum Gasteiger partial charge on any atom is 0.337 e. The van der Waals surface area contributed by atoms with Crippen LogP contribution in [0.1, 0.15) is 21.5 Å². The predicted octanol–water partition coefficient (Wildman–Crippen LogP) is 1.87. The molecule has 0 aliphatic heterocycles. The van der Waals surface area contributed by atoms with Crippen molar-refractivity contribution in [1.82, 2.24) is 0 Å². The third kappa shape index (κ3) is 2.07. The van der Waals surface area contributed by atoms with Gasteiger partial charge in [0.2, 0.25) is 0 Å². The van der Waals surface area contributed by atoms with Gasteiger partial charge in [0.1, 0.15) is 12.1 Å². The maximum absolute atomic E-state index is 11.2. The highest BCUT2D eigenvalue weighted by molar-refractivity contribution is 6.33. The third-order valence-corrected chi connectivity index (χ3v) is 2.14. The minimum Gasteiger partial charge on any atom is -0.465 e. The van der Waals surface area contributed by atoms with E-state index in [-0.39, 0.29) is 21.7 Å². The summed E-state index contributed by atoms with van der Waals surface area (Å²) in [7, 11) is 1.22. The quantitative estimate of drug-likeness (QED) is 0.677. The summed E-state index contributed by atoms with van der Waals surface area (Å²) < 4.78 is 4.47. The van der Waals surface area contributed by atoms with E-state index in [0.717, 1.165) is 0 Å². The molecule has 5 heteroatoms. The molecule has 1 aromatic rings. The molecule has 0 unspecified atom stereocenters. The fourth-order valence-corrected chi connectivity index (χ4v) is 1.22. The van der Waals surface area contributed by atoms with Crippen molar-refractivity contribution in [2.24, 2.45) is 0 Å². The van der Waals surface area contributed by atoms with Gasteiger partial charge in [-0.2, -0.15) is 10.5 Å². The molecule has 0 saturated carbocycles. The molecule has 0 saturated heterocycles. The molecule has 0 N–H and O–H groups in total. The van der Waals surface area contributed by atoms with E-state index in [1.54, 1.807) is 12.1 Å². The average Bonchev–Trinajstić information content (AvgIpc) is 2.28. The molecule has 1 aromatic carbocycles. The Hall–Kier alpha value is -2.04. The van der Waals surface area contributed by atoms with Gasteiger partial charge in [-0.15, -0.1) is 0 Å². The Morgan fingerprint density at radius 3 is 2.13 bits per heavy atom. The summed E-state index contributed by atoms with van der Waals surface area (Å²) in [6.45, 7) is 0. The van der Waals surface area contributed by atoms with Crippen molar-refractivity contribution in [3.05, 3.63) is 33.8 Å². The van der Waals surface area contributed by atoms with Crippen LogP contribution in [-0.2, 0) is 4.74 Å².